The molecule has 1 aromatic carbocycles. The molecule has 0 bridgehead atoms. The Kier molecular flexibility index (Phi) is 5.52. The molecule has 1 fully saturated rings. The van der Waals surface area contributed by atoms with E-state index in [4.69, 9.17) is 6.57 Å². The second-order valence-corrected chi connectivity index (χ2v) is 8.84. The molecule has 1 heterocycles. The summed E-state index contributed by atoms with van der Waals surface area (Å²) < 4.78 is 57.2. The molecule has 0 radical (unpaired) electrons. The molecule has 1 aliphatic carbocycles. The average Bonchev–Trinajstić information content (AvgIpc) is 2.55. The number of hydrogen-bond donors (Lipinski definition) is 1. The second-order valence-electron chi connectivity index (χ2n) is 6.88. The lowest BCUT2D eigenvalue weighted by Crippen LogP contribution is -2.34. The maximum atomic E-state index is 14.8. The third-order valence-electron chi connectivity index (χ3n) is 4.87. The van der Waals surface area contributed by atoms with Crippen molar-refractivity contribution >= 4 is 15.7 Å². The fourth-order valence-corrected chi connectivity index (χ4v) is 4.61. The number of hydrogen-bond acceptors (Lipinski definition) is 3. The van der Waals surface area contributed by atoms with Crippen LogP contribution in [0.2, 0.25) is 0 Å². The number of benzene rings is 1. The molecule has 1 aliphatic rings. The molecule has 9 heteroatoms. The molecule has 0 unspecified atom stereocenters. The van der Waals surface area contributed by atoms with Crippen molar-refractivity contribution in [3.8, 4) is 0 Å². The van der Waals surface area contributed by atoms with Crippen LogP contribution in [0.25, 0.3) is 4.85 Å². The SMILES string of the molecule is [C-]#[N+]Cn1cc(NS(=O)(=O)C2CCC2)c(Cc2ccc(C)cc2F)c(F)c1=O. The smallest absolute Gasteiger partial charge is 0.292 e. The number of sulfonamides is 1. The zero-order valence-electron chi connectivity index (χ0n) is 15.2. The Hall–Kier alpha value is -2.73. The van der Waals surface area contributed by atoms with Gasteiger partial charge in [-0.15, -0.1) is 0 Å². The fourth-order valence-electron chi connectivity index (χ4n) is 3.01. The van der Waals surface area contributed by atoms with Crippen LogP contribution in [0.4, 0.5) is 14.5 Å². The summed E-state index contributed by atoms with van der Waals surface area (Å²) in [5, 5.41) is -0.583. The summed E-state index contributed by atoms with van der Waals surface area (Å²) in [5.41, 5.74) is -0.620. The van der Waals surface area contributed by atoms with Crippen molar-refractivity contribution in [1.82, 2.24) is 4.57 Å². The monoisotopic (exact) mass is 407 g/mol. The third-order valence-corrected chi connectivity index (χ3v) is 6.72. The van der Waals surface area contributed by atoms with E-state index in [1.54, 1.807) is 13.0 Å². The molecular formula is C19H19F2N3O3S. The van der Waals surface area contributed by atoms with Crippen molar-refractivity contribution < 1.29 is 17.2 Å². The zero-order valence-corrected chi connectivity index (χ0v) is 16.0. The average molecular weight is 407 g/mol. The van der Waals surface area contributed by atoms with E-state index in [1.807, 2.05) is 0 Å². The van der Waals surface area contributed by atoms with Gasteiger partial charge < -0.3 is 0 Å². The molecule has 3 rings (SSSR count). The molecule has 28 heavy (non-hydrogen) atoms. The minimum absolute atomic E-state index is 0.135. The Balaban J connectivity index is 2.09. The van der Waals surface area contributed by atoms with Crippen molar-refractivity contribution in [3.05, 3.63) is 74.5 Å². The van der Waals surface area contributed by atoms with Crippen LogP contribution in [-0.2, 0) is 23.1 Å². The number of aromatic nitrogens is 1. The Morgan fingerprint density at radius 2 is 2.04 bits per heavy atom. The number of rotatable bonds is 6. The Morgan fingerprint density at radius 1 is 1.32 bits per heavy atom. The van der Waals surface area contributed by atoms with Crippen LogP contribution in [0.1, 0.15) is 36.0 Å². The molecule has 0 aliphatic heterocycles. The van der Waals surface area contributed by atoms with Crippen LogP contribution in [0, 0.1) is 25.1 Å². The van der Waals surface area contributed by atoms with E-state index in [-0.39, 0.29) is 23.2 Å². The number of anilines is 1. The van der Waals surface area contributed by atoms with E-state index in [2.05, 4.69) is 9.57 Å². The highest BCUT2D eigenvalue weighted by Gasteiger charge is 2.32. The van der Waals surface area contributed by atoms with Crippen molar-refractivity contribution in [1.29, 1.82) is 0 Å². The first-order valence-corrected chi connectivity index (χ1v) is 10.3. The van der Waals surface area contributed by atoms with Gasteiger partial charge in [0, 0.05) is 18.2 Å². The van der Waals surface area contributed by atoms with Crippen molar-refractivity contribution in [2.24, 2.45) is 0 Å². The highest BCUT2D eigenvalue weighted by molar-refractivity contribution is 7.93. The lowest BCUT2D eigenvalue weighted by Gasteiger charge is -2.26. The van der Waals surface area contributed by atoms with Gasteiger partial charge >= 0.3 is 0 Å². The van der Waals surface area contributed by atoms with E-state index in [0.29, 0.717) is 18.4 Å². The first-order valence-electron chi connectivity index (χ1n) is 8.74. The quantitative estimate of drug-likeness (QED) is 0.748. The lowest BCUT2D eigenvalue weighted by atomic mass is 10.0. The van der Waals surface area contributed by atoms with Crippen LogP contribution in [0.15, 0.2) is 29.2 Å². The van der Waals surface area contributed by atoms with E-state index < -0.39 is 39.1 Å². The summed E-state index contributed by atoms with van der Waals surface area (Å²) >= 11 is 0. The minimum Gasteiger partial charge on any atom is -0.292 e. The first-order chi connectivity index (χ1) is 13.2. The normalized spacial score (nSPS) is 14.4. The summed E-state index contributed by atoms with van der Waals surface area (Å²) in [6.07, 6.45) is 2.61. The molecule has 0 spiro atoms. The van der Waals surface area contributed by atoms with Gasteiger partial charge in [0.2, 0.25) is 10.0 Å². The Labute approximate surface area is 161 Å². The topological polar surface area (TPSA) is 72.5 Å². The maximum absolute atomic E-state index is 14.8. The molecule has 1 aromatic heterocycles. The molecule has 148 valence electrons. The van der Waals surface area contributed by atoms with E-state index >= 15 is 0 Å². The lowest BCUT2D eigenvalue weighted by molar-refractivity contribution is 0.479. The summed E-state index contributed by atoms with van der Waals surface area (Å²) in [6.45, 7) is 8.15. The number of halogens is 2. The Bertz CT molecular complexity index is 1120. The predicted octanol–water partition coefficient (Wildman–Crippen LogP) is 3.20. The molecule has 1 N–H and O–H groups in total. The van der Waals surface area contributed by atoms with Crippen LogP contribution in [-0.4, -0.2) is 18.2 Å². The fraction of sp³-hybridized carbons (Fsp3) is 0.368. The predicted molar refractivity (Wildman–Crippen MR) is 101 cm³/mol. The summed E-state index contributed by atoms with van der Waals surface area (Å²) in [4.78, 5) is 15.3. The molecule has 6 nitrogen and oxygen atoms in total. The summed E-state index contributed by atoms with van der Waals surface area (Å²) in [6, 6.07) is 4.40. The van der Waals surface area contributed by atoms with Gasteiger partial charge in [-0.1, -0.05) is 18.6 Å². The number of nitrogens with zero attached hydrogens (tertiary/aromatic N) is 2. The highest BCUT2D eigenvalue weighted by Crippen LogP contribution is 2.30. The molecule has 2 aromatic rings. The first kappa shape index (κ1) is 20.0. The second kappa shape index (κ2) is 7.72. The minimum atomic E-state index is -3.77. The van der Waals surface area contributed by atoms with Crippen LogP contribution in [0.5, 0.6) is 0 Å². The van der Waals surface area contributed by atoms with Gasteiger partial charge in [0.05, 0.1) is 10.9 Å². The third kappa shape index (κ3) is 3.92. The van der Waals surface area contributed by atoms with Gasteiger partial charge in [-0.25, -0.2) is 28.3 Å². The number of aryl methyl sites for hydroxylation is 1. The maximum Gasteiger partial charge on any atom is 0.295 e. The van der Waals surface area contributed by atoms with E-state index in [9.17, 15) is 22.0 Å². The molecule has 0 saturated heterocycles. The van der Waals surface area contributed by atoms with Gasteiger partial charge in [-0.05, 0) is 37.0 Å². The van der Waals surface area contributed by atoms with Crippen molar-refractivity contribution in [2.45, 2.75) is 44.5 Å². The zero-order chi connectivity index (χ0) is 20.5. The molecule has 0 atom stereocenters. The van der Waals surface area contributed by atoms with Gasteiger partial charge in [-0.3, -0.25) is 14.4 Å². The van der Waals surface area contributed by atoms with Gasteiger partial charge in [0.25, 0.3) is 12.2 Å². The van der Waals surface area contributed by atoms with Gasteiger partial charge in [0.15, 0.2) is 5.82 Å². The van der Waals surface area contributed by atoms with E-state index in [1.165, 1.54) is 12.1 Å². The van der Waals surface area contributed by atoms with Crippen molar-refractivity contribution in [2.75, 3.05) is 4.72 Å². The van der Waals surface area contributed by atoms with E-state index in [0.717, 1.165) is 17.2 Å². The molecule has 1 saturated carbocycles. The summed E-state index contributed by atoms with van der Waals surface area (Å²) in [5.74, 6) is -1.77. The van der Waals surface area contributed by atoms with Gasteiger partial charge in [0.1, 0.15) is 5.82 Å². The standard InChI is InChI=1S/C19H19F2N3O3S/c1-12-6-7-13(16(20)8-12)9-15-17(23-28(26,27)14-4-3-5-14)10-24(11-22-2)19(25)18(15)21/h6-8,10,14,23H,3-5,9,11H2,1H3. The number of pyridine rings is 1. The molecular weight excluding hydrogens is 388 g/mol. The highest BCUT2D eigenvalue weighted by atomic mass is 32.2. The van der Waals surface area contributed by atoms with Crippen LogP contribution >= 0.6 is 0 Å². The largest absolute Gasteiger partial charge is 0.295 e. The van der Waals surface area contributed by atoms with Crippen LogP contribution in [0.3, 0.4) is 0 Å². The van der Waals surface area contributed by atoms with Crippen molar-refractivity contribution in [3.63, 3.8) is 0 Å². The number of nitrogens with one attached hydrogen (secondary N) is 1. The van der Waals surface area contributed by atoms with Gasteiger partial charge in [-0.2, -0.15) is 0 Å². The summed E-state index contributed by atoms with van der Waals surface area (Å²) in [7, 11) is -3.77. The van der Waals surface area contributed by atoms with Crippen LogP contribution < -0.4 is 10.3 Å². The Morgan fingerprint density at radius 3 is 2.61 bits per heavy atom. The molecule has 0 amide bonds.